The number of carbonyl (C=O) groups excluding carboxylic acids is 1. The standard InChI is InChI=1S/C6H11NO2/c1-9-5-3-2-4-7-6(5)8/h5H,2-4H2,1H3,(H,7,8)/t5-/m1/s1. The van der Waals surface area contributed by atoms with Crippen molar-refractivity contribution < 1.29 is 9.53 Å². The fraction of sp³-hybridized carbons (Fsp3) is 0.833. The number of carbonyl (C=O) groups is 1. The number of methoxy groups -OCH3 is 1. The lowest BCUT2D eigenvalue weighted by Crippen LogP contribution is -2.40. The predicted molar refractivity (Wildman–Crippen MR) is 33.0 cm³/mol. The highest BCUT2D eigenvalue weighted by molar-refractivity contribution is 5.81. The number of amides is 1. The molecule has 1 amide bonds. The molecule has 0 bridgehead atoms. The lowest BCUT2D eigenvalue weighted by atomic mass is 10.1. The van der Waals surface area contributed by atoms with Gasteiger partial charge in [-0.15, -0.1) is 0 Å². The van der Waals surface area contributed by atoms with Crippen molar-refractivity contribution in [2.45, 2.75) is 18.9 Å². The van der Waals surface area contributed by atoms with Crippen LogP contribution in [0.5, 0.6) is 0 Å². The monoisotopic (exact) mass is 129 g/mol. The van der Waals surface area contributed by atoms with E-state index in [1.807, 2.05) is 0 Å². The second kappa shape index (κ2) is 2.82. The molecule has 0 unspecified atom stereocenters. The molecule has 3 heteroatoms. The second-order valence-electron chi connectivity index (χ2n) is 2.16. The molecule has 0 aromatic carbocycles. The van der Waals surface area contributed by atoms with Crippen molar-refractivity contribution in [3.05, 3.63) is 0 Å². The van der Waals surface area contributed by atoms with Gasteiger partial charge >= 0.3 is 0 Å². The summed E-state index contributed by atoms with van der Waals surface area (Å²) >= 11 is 0. The Labute approximate surface area is 54.4 Å². The maximum Gasteiger partial charge on any atom is 0.249 e. The van der Waals surface area contributed by atoms with Gasteiger partial charge in [0, 0.05) is 13.7 Å². The number of nitrogens with one attached hydrogen (secondary N) is 1. The van der Waals surface area contributed by atoms with Crippen LogP contribution in [0.25, 0.3) is 0 Å². The minimum Gasteiger partial charge on any atom is -0.372 e. The first kappa shape index (κ1) is 6.55. The molecular formula is C6H11NO2. The lowest BCUT2D eigenvalue weighted by molar-refractivity contribution is -0.133. The quantitative estimate of drug-likeness (QED) is 0.537. The molecule has 1 rings (SSSR count). The fourth-order valence-electron chi connectivity index (χ4n) is 0.969. The molecular weight excluding hydrogens is 118 g/mol. The first-order valence-corrected chi connectivity index (χ1v) is 3.15. The van der Waals surface area contributed by atoms with Gasteiger partial charge in [-0.1, -0.05) is 0 Å². The Morgan fingerprint density at radius 2 is 2.56 bits per heavy atom. The molecule has 9 heavy (non-hydrogen) atoms. The first-order valence-electron chi connectivity index (χ1n) is 3.15. The molecule has 0 aromatic rings. The number of hydrogen-bond donors (Lipinski definition) is 1. The average Bonchev–Trinajstić information content (AvgIpc) is 1.89. The lowest BCUT2D eigenvalue weighted by Gasteiger charge is -2.19. The van der Waals surface area contributed by atoms with E-state index < -0.39 is 0 Å². The smallest absolute Gasteiger partial charge is 0.249 e. The molecule has 0 radical (unpaired) electrons. The van der Waals surface area contributed by atoms with Crippen molar-refractivity contribution in [3.8, 4) is 0 Å². The van der Waals surface area contributed by atoms with Gasteiger partial charge in [0.1, 0.15) is 6.10 Å². The Bertz CT molecular complexity index is 114. The van der Waals surface area contributed by atoms with E-state index in [0.29, 0.717) is 0 Å². The third-order valence-corrected chi connectivity index (χ3v) is 1.52. The molecule has 0 saturated carbocycles. The number of rotatable bonds is 1. The van der Waals surface area contributed by atoms with E-state index >= 15 is 0 Å². The van der Waals surface area contributed by atoms with Gasteiger partial charge in [-0.2, -0.15) is 0 Å². The third kappa shape index (κ3) is 1.42. The largest absolute Gasteiger partial charge is 0.372 e. The van der Waals surface area contributed by atoms with Gasteiger partial charge in [0.25, 0.3) is 0 Å². The highest BCUT2D eigenvalue weighted by Crippen LogP contribution is 2.04. The molecule has 1 heterocycles. The van der Waals surface area contributed by atoms with Gasteiger partial charge in [0.2, 0.25) is 5.91 Å². The zero-order chi connectivity index (χ0) is 6.69. The minimum absolute atomic E-state index is 0.0313. The minimum atomic E-state index is -0.196. The third-order valence-electron chi connectivity index (χ3n) is 1.52. The number of ether oxygens (including phenoxy) is 1. The maximum absolute atomic E-state index is 10.8. The summed E-state index contributed by atoms with van der Waals surface area (Å²) in [4.78, 5) is 10.8. The summed E-state index contributed by atoms with van der Waals surface area (Å²) in [6.07, 6.45) is 1.70. The molecule has 0 aliphatic carbocycles. The van der Waals surface area contributed by atoms with Crippen LogP contribution in [0.2, 0.25) is 0 Å². The highest BCUT2D eigenvalue weighted by Gasteiger charge is 2.20. The Hall–Kier alpha value is -0.570. The zero-order valence-corrected chi connectivity index (χ0v) is 5.52. The molecule has 3 nitrogen and oxygen atoms in total. The van der Waals surface area contributed by atoms with Gasteiger partial charge in [-0.25, -0.2) is 0 Å². The fourth-order valence-corrected chi connectivity index (χ4v) is 0.969. The topological polar surface area (TPSA) is 38.3 Å². The summed E-state index contributed by atoms with van der Waals surface area (Å²) < 4.78 is 4.89. The van der Waals surface area contributed by atoms with Crippen molar-refractivity contribution in [2.75, 3.05) is 13.7 Å². The SMILES string of the molecule is CO[C@@H]1CCCNC1=O. The van der Waals surface area contributed by atoms with E-state index in [4.69, 9.17) is 4.74 Å². The molecule has 0 spiro atoms. The van der Waals surface area contributed by atoms with Crippen molar-refractivity contribution in [1.82, 2.24) is 5.32 Å². The van der Waals surface area contributed by atoms with Gasteiger partial charge in [-0.3, -0.25) is 4.79 Å². The van der Waals surface area contributed by atoms with E-state index in [1.165, 1.54) is 0 Å². The maximum atomic E-state index is 10.8. The van der Waals surface area contributed by atoms with Crippen LogP contribution in [0.15, 0.2) is 0 Å². The summed E-state index contributed by atoms with van der Waals surface area (Å²) in [7, 11) is 1.57. The molecule has 1 fully saturated rings. The van der Waals surface area contributed by atoms with Crippen LogP contribution in [0, 0.1) is 0 Å². The Morgan fingerprint density at radius 3 is 3.00 bits per heavy atom. The van der Waals surface area contributed by atoms with E-state index in [1.54, 1.807) is 7.11 Å². The Balaban J connectivity index is 2.39. The summed E-state index contributed by atoms with van der Waals surface area (Å²) in [6.45, 7) is 0.804. The molecule has 1 atom stereocenters. The normalized spacial score (nSPS) is 27.7. The van der Waals surface area contributed by atoms with Crippen LogP contribution in [0.4, 0.5) is 0 Å². The van der Waals surface area contributed by atoms with Crippen LogP contribution < -0.4 is 5.32 Å². The summed E-state index contributed by atoms with van der Waals surface area (Å²) in [6, 6.07) is 0. The van der Waals surface area contributed by atoms with E-state index in [9.17, 15) is 4.79 Å². The van der Waals surface area contributed by atoms with Crippen molar-refractivity contribution in [3.63, 3.8) is 0 Å². The Morgan fingerprint density at radius 1 is 1.78 bits per heavy atom. The summed E-state index contributed by atoms with van der Waals surface area (Å²) in [5.41, 5.74) is 0. The second-order valence-corrected chi connectivity index (χ2v) is 2.16. The van der Waals surface area contributed by atoms with Gasteiger partial charge < -0.3 is 10.1 Å². The Kier molecular flexibility index (Phi) is 2.05. The zero-order valence-electron chi connectivity index (χ0n) is 5.52. The molecule has 0 aromatic heterocycles. The van der Waals surface area contributed by atoms with E-state index in [2.05, 4.69) is 5.32 Å². The van der Waals surface area contributed by atoms with Crippen LogP contribution in [-0.2, 0) is 9.53 Å². The van der Waals surface area contributed by atoms with Gasteiger partial charge in [-0.05, 0) is 12.8 Å². The van der Waals surface area contributed by atoms with Crippen molar-refractivity contribution >= 4 is 5.91 Å². The molecule has 1 aliphatic heterocycles. The molecule has 1 aliphatic rings. The molecule has 1 saturated heterocycles. The van der Waals surface area contributed by atoms with Crippen LogP contribution >= 0.6 is 0 Å². The van der Waals surface area contributed by atoms with Crippen LogP contribution in [0.3, 0.4) is 0 Å². The van der Waals surface area contributed by atoms with Crippen LogP contribution in [0.1, 0.15) is 12.8 Å². The first-order chi connectivity index (χ1) is 4.34. The van der Waals surface area contributed by atoms with Gasteiger partial charge in [0.05, 0.1) is 0 Å². The summed E-state index contributed by atoms with van der Waals surface area (Å²) in [5, 5.41) is 2.72. The van der Waals surface area contributed by atoms with Crippen molar-refractivity contribution in [1.29, 1.82) is 0 Å². The van der Waals surface area contributed by atoms with Crippen LogP contribution in [-0.4, -0.2) is 25.7 Å². The molecule has 1 N–H and O–H groups in total. The van der Waals surface area contributed by atoms with Crippen molar-refractivity contribution in [2.24, 2.45) is 0 Å². The summed E-state index contributed by atoms with van der Waals surface area (Å²) in [5.74, 6) is 0.0313. The average molecular weight is 129 g/mol. The van der Waals surface area contributed by atoms with Gasteiger partial charge in [0.15, 0.2) is 0 Å². The predicted octanol–water partition coefficient (Wildman–Crippen LogP) is -0.0886. The molecule has 52 valence electrons. The number of piperidine rings is 1. The van der Waals surface area contributed by atoms with E-state index in [0.717, 1.165) is 19.4 Å². The van der Waals surface area contributed by atoms with E-state index in [-0.39, 0.29) is 12.0 Å². The highest BCUT2D eigenvalue weighted by atomic mass is 16.5. The number of hydrogen-bond acceptors (Lipinski definition) is 2.